The molecule has 2 bridgehead atoms. The van der Waals surface area contributed by atoms with Gasteiger partial charge < -0.3 is 15.5 Å². The van der Waals surface area contributed by atoms with Crippen LogP contribution in [-0.4, -0.2) is 35.5 Å². The van der Waals surface area contributed by atoms with E-state index in [9.17, 15) is 10.2 Å². The predicted octanol–water partition coefficient (Wildman–Crippen LogP) is 1.14. The first-order valence-electron chi connectivity index (χ1n) is 6.42. The van der Waals surface area contributed by atoms with Crippen molar-refractivity contribution in [1.29, 1.82) is 0 Å². The highest BCUT2D eigenvalue weighted by Crippen LogP contribution is 2.62. The summed E-state index contributed by atoms with van der Waals surface area (Å²) >= 11 is 0. The summed E-state index contributed by atoms with van der Waals surface area (Å²) in [7, 11) is 0. The number of nitrogens with one attached hydrogen (secondary N) is 1. The minimum absolute atomic E-state index is 0.0177. The molecule has 2 rings (SSSR count). The van der Waals surface area contributed by atoms with Crippen molar-refractivity contribution >= 4 is 0 Å². The van der Waals surface area contributed by atoms with Crippen LogP contribution in [0.2, 0.25) is 0 Å². The third-order valence-corrected chi connectivity index (χ3v) is 5.11. The predicted molar refractivity (Wildman–Crippen MR) is 64.1 cm³/mol. The molecule has 0 aliphatic heterocycles. The van der Waals surface area contributed by atoms with Gasteiger partial charge >= 0.3 is 0 Å². The first-order chi connectivity index (χ1) is 7.44. The average molecular weight is 227 g/mol. The molecule has 0 spiro atoms. The zero-order chi connectivity index (χ0) is 12.0. The van der Waals surface area contributed by atoms with Crippen LogP contribution in [0.4, 0.5) is 0 Å². The van der Waals surface area contributed by atoms with Crippen molar-refractivity contribution in [2.45, 2.75) is 52.1 Å². The molecule has 3 N–H and O–H groups in total. The van der Waals surface area contributed by atoms with Gasteiger partial charge in [-0.25, -0.2) is 0 Å². The van der Waals surface area contributed by atoms with E-state index in [-0.39, 0.29) is 24.7 Å². The van der Waals surface area contributed by atoms with Gasteiger partial charge in [0.15, 0.2) is 0 Å². The van der Waals surface area contributed by atoms with Gasteiger partial charge in [-0.3, -0.25) is 0 Å². The Morgan fingerprint density at radius 3 is 2.31 bits per heavy atom. The van der Waals surface area contributed by atoms with Crippen LogP contribution >= 0.6 is 0 Å². The van der Waals surface area contributed by atoms with E-state index in [1.165, 1.54) is 19.3 Å². The second kappa shape index (κ2) is 3.97. The summed E-state index contributed by atoms with van der Waals surface area (Å²) in [5.41, 5.74) is 0.645. The molecule has 3 atom stereocenters. The zero-order valence-corrected chi connectivity index (χ0v) is 10.7. The van der Waals surface area contributed by atoms with Crippen molar-refractivity contribution in [1.82, 2.24) is 5.32 Å². The van der Waals surface area contributed by atoms with Gasteiger partial charge in [0.05, 0.1) is 19.3 Å². The van der Waals surface area contributed by atoms with Crippen LogP contribution in [0, 0.1) is 16.7 Å². The quantitative estimate of drug-likeness (QED) is 0.675. The van der Waals surface area contributed by atoms with Crippen molar-refractivity contribution in [3.05, 3.63) is 0 Å². The molecule has 1 unspecified atom stereocenters. The molecule has 0 aromatic heterocycles. The van der Waals surface area contributed by atoms with Crippen LogP contribution in [0.3, 0.4) is 0 Å². The van der Waals surface area contributed by atoms with Crippen molar-refractivity contribution in [2.24, 2.45) is 16.7 Å². The lowest BCUT2D eigenvalue weighted by Crippen LogP contribution is -2.55. The third kappa shape index (κ3) is 1.69. The maximum absolute atomic E-state index is 9.19. The zero-order valence-electron chi connectivity index (χ0n) is 10.7. The number of fused-ring (bicyclic) bond motifs is 2. The van der Waals surface area contributed by atoms with Crippen LogP contribution < -0.4 is 5.32 Å². The summed E-state index contributed by atoms with van der Waals surface area (Å²) in [5, 5.41) is 21.9. The minimum atomic E-state index is -0.166. The smallest absolute Gasteiger partial charge is 0.0607 e. The van der Waals surface area contributed by atoms with Crippen LogP contribution in [-0.2, 0) is 0 Å². The highest BCUT2D eigenvalue weighted by atomic mass is 16.3. The fourth-order valence-electron chi connectivity index (χ4n) is 4.12. The summed E-state index contributed by atoms with van der Waals surface area (Å²) in [6, 6.07) is 0.253. The van der Waals surface area contributed by atoms with Crippen LogP contribution in [0.15, 0.2) is 0 Å². The Morgan fingerprint density at radius 2 is 1.88 bits per heavy atom. The van der Waals surface area contributed by atoms with E-state index in [1.54, 1.807) is 0 Å². The maximum atomic E-state index is 9.19. The highest BCUT2D eigenvalue weighted by molar-refractivity contribution is 5.12. The van der Waals surface area contributed by atoms with Gasteiger partial charge in [-0.15, -0.1) is 0 Å². The number of aliphatic hydroxyl groups excluding tert-OH is 2. The Morgan fingerprint density at radius 1 is 1.25 bits per heavy atom. The molecule has 2 aliphatic rings. The lowest BCUT2D eigenvalue weighted by atomic mass is 9.68. The van der Waals surface area contributed by atoms with Crippen LogP contribution in [0.1, 0.15) is 40.0 Å². The molecule has 0 saturated heterocycles. The molecule has 2 fully saturated rings. The molecule has 16 heavy (non-hydrogen) atoms. The van der Waals surface area contributed by atoms with Crippen molar-refractivity contribution in [3.63, 3.8) is 0 Å². The van der Waals surface area contributed by atoms with Crippen LogP contribution in [0.25, 0.3) is 0 Å². The molecular weight excluding hydrogens is 202 g/mol. The Bertz CT molecular complexity index is 258. The summed E-state index contributed by atoms with van der Waals surface area (Å²) in [6.45, 7) is 7.04. The Hall–Kier alpha value is -0.120. The standard InChI is InChI=1S/C13H25NO2/c1-12(2)9-4-5-13(3,6-9)11(12)14-10(7-15)8-16/h9-11,14-16H,4-8H2,1-3H3/t9-,11?,13+/m0/s1. The van der Waals surface area contributed by atoms with Crippen LogP contribution in [0.5, 0.6) is 0 Å². The first kappa shape index (κ1) is 12.3. The van der Waals surface area contributed by atoms with E-state index in [1.807, 2.05) is 0 Å². The average Bonchev–Trinajstić information content (AvgIpc) is 2.69. The largest absolute Gasteiger partial charge is 0.395 e. The summed E-state index contributed by atoms with van der Waals surface area (Å²) in [4.78, 5) is 0. The van der Waals surface area contributed by atoms with Gasteiger partial charge in [0.1, 0.15) is 0 Å². The van der Waals surface area contributed by atoms with Gasteiger partial charge in [0.25, 0.3) is 0 Å². The summed E-state index contributed by atoms with van der Waals surface area (Å²) in [6.07, 6.45) is 3.91. The monoisotopic (exact) mass is 227 g/mol. The molecule has 0 heterocycles. The van der Waals surface area contributed by atoms with Gasteiger partial charge in [-0.2, -0.15) is 0 Å². The Kier molecular flexibility index (Phi) is 3.06. The van der Waals surface area contributed by atoms with E-state index < -0.39 is 0 Å². The van der Waals surface area contributed by atoms with E-state index in [0.717, 1.165) is 5.92 Å². The van der Waals surface area contributed by atoms with E-state index >= 15 is 0 Å². The summed E-state index contributed by atoms with van der Waals surface area (Å²) in [5.74, 6) is 0.799. The number of aliphatic hydroxyl groups is 2. The fourth-order valence-corrected chi connectivity index (χ4v) is 4.12. The molecule has 3 heteroatoms. The van der Waals surface area contributed by atoms with Gasteiger partial charge in [-0.1, -0.05) is 20.8 Å². The Balaban J connectivity index is 2.13. The third-order valence-electron chi connectivity index (χ3n) is 5.11. The molecule has 2 saturated carbocycles. The van der Waals surface area contributed by atoms with E-state index in [2.05, 4.69) is 26.1 Å². The molecule has 0 amide bonds. The van der Waals surface area contributed by atoms with Crippen molar-refractivity contribution < 1.29 is 10.2 Å². The molecule has 0 aromatic rings. The lowest BCUT2D eigenvalue weighted by molar-refractivity contribution is 0.0712. The van der Waals surface area contributed by atoms with E-state index in [0.29, 0.717) is 11.5 Å². The molecule has 2 aliphatic carbocycles. The molecule has 94 valence electrons. The van der Waals surface area contributed by atoms with Crippen molar-refractivity contribution in [3.8, 4) is 0 Å². The SMILES string of the molecule is CC1(C)C(NC(CO)CO)[C@]2(C)CC[C@H]1C2. The van der Waals surface area contributed by atoms with Gasteiger partial charge in [0.2, 0.25) is 0 Å². The number of hydrogen-bond donors (Lipinski definition) is 3. The normalized spacial score (nSPS) is 40.9. The second-order valence-electron chi connectivity index (χ2n) is 6.58. The molecule has 3 nitrogen and oxygen atoms in total. The summed E-state index contributed by atoms with van der Waals surface area (Å²) < 4.78 is 0. The maximum Gasteiger partial charge on any atom is 0.0607 e. The number of hydrogen-bond acceptors (Lipinski definition) is 3. The Labute approximate surface area is 98.2 Å². The van der Waals surface area contributed by atoms with Crippen molar-refractivity contribution in [2.75, 3.05) is 13.2 Å². The van der Waals surface area contributed by atoms with Gasteiger partial charge in [-0.05, 0) is 36.0 Å². The second-order valence-corrected chi connectivity index (χ2v) is 6.58. The first-order valence-corrected chi connectivity index (χ1v) is 6.42. The molecule has 0 aromatic carbocycles. The molecular formula is C13H25NO2. The lowest BCUT2D eigenvalue weighted by Gasteiger charge is -2.44. The topological polar surface area (TPSA) is 52.5 Å². The fraction of sp³-hybridized carbons (Fsp3) is 1.00. The highest BCUT2D eigenvalue weighted by Gasteiger charge is 2.59. The minimum Gasteiger partial charge on any atom is -0.395 e. The molecule has 0 radical (unpaired) electrons. The van der Waals surface area contributed by atoms with Gasteiger partial charge in [0, 0.05) is 6.04 Å². The van der Waals surface area contributed by atoms with E-state index in [4.69, 9.17) is 0 Å². The number of rotatable bonds is 4.